The molecule has 0 fully saturated rings. The molecule has 0 N–H and O–H groups in total. The molecule has 3 rings (SSSR count). The molecular weight excluding hydrogens is 168 g/mol. The topological polar surface area (TPSA) is 0 Å². The van der Waals surface area contributed by atoms with Crippen LogP contribution in [0.2, 0.25) is 0 Å². The van der Waals surface area contributed by atoms with Gasteiger partial charge in [-0.25, -0.2) is 0 Å². The summed E-state index contributed by atoms with van der Waals surface area (Å²) in [5, 5.41) is 0. The van der Waals surface area contributed by atoms with Crippen molar-refractivity contribution < 1.29 is 0 Å². The lowest BCUT2D eigenvalue weighted by atomic mass is 9.64. The molecule has 0 amide bonds. The van der Waals surface area contributed by atoms with Crippen molar-refractivity contribution in [3.05, 3.63) is 36.5 Å². The molecule has 0 heteroatoms. The van der Waals surface area contributed by atoms with Crippen molar-refractivity contribution in [3.8, 4) is 0 Å². The lowest BCUT2D eigenvalue weighted by Crippen LogP contribution is -2.32. The first kappa shape index (κ1) is 8.52. The van der Waals surface area contributed by atoms with Crippen LogP contribution in [0.15, 0.2) is 36.5 Å². The first-order valence-electron chi connectivity index (χ1n) is 5.97. The quantitative estimate of drug-likeness (QED) is 0.506. The maximum Gasteiger partial charge on any atom is -0.00192 e. The summed E-state index contributed by atoms with van der Waals surface area (Å²) in [6, 6.07) is 0. The molecule has 0 radical (unpaired) electrons. The molecule has 14 heavy (non-hydrogen) atoms. The van der Waals surface area contributed by atoms with Gasteiger partial charge < -0.3 is 0 Å². The zero-order valence-electron chi connectivity index (χ0n) is 8.60. The Kier molecular flexibility index (Phi) is 2.08. The fourth-order valence-corrected chi connectivity index (χ4v) is 3.37. The summed E-state index contributed by atoms with van der Waals surface area (Å²) in [5.74, 6) is 3.36. The van der Waals surface area contributed by atoms with Crippen molar-refractivity contribution in [2.45, 2.75) is 25.7 Å². The average Bonchev–Trinajstić information content (AvgIpc) is 2.29. The number of hydrogen-bond acceptors (Lipinski definition) is 0. The van der Waals surface area contributed by atoms with Crippen molar-refractivity contribution in [2.75, 3.05) is 0 Å². The highest BCUT2D eigenvalue weighted by atomic mass is 14.4. The molecule has 0 aliphatic heterocycles. The largest absolute Gasteiger partial charge is 0.0882 e. The van der Waals surface area contributed by atoms with Crippen LogP contribution < -0.4 is 0 Å². The van der Waals surface area contributed by atoms with Crippen molar-refractivity contribution in [1.82, 2.24) is 0 Å². The molecule has 0 aromatic heterocycles. The van der Waals surface area contributed by atoms with Gasteiger partial charge in [0.15, 0.2) is 0 Å². The molecular formula is C14H18. The summed E-state index contributed by atoms with van der Waals surface area (Å²) in [6.07, 6.45) is 20.0. The Labute approximate surface area is 86.4 Å². The first-order chi connectivity index (χ1) is 6.95. The highest BCUT2D eigenvalue weighted by molar-refractivity contribution is 5.18. The van der Waals surface area contributed by atoms with Crippen LogP contribution in [-0.4, -0.2) is 0 Å². The van der Waals surface area contributed by atoms with Gasteiger partial charge in [-0.2, -0.15) is 0 Å². The predicted octanol–water partition coefficient (Wildman–Crippen LogP) is 3.72. The highest BCUT2D eigenvalue weighted by Gasteiger charge is 2.34. The standard InChI is InChI=1S/C14H18/c1-3-7-13-11(5-1)9-10-12-6-2-4-8-14(12)13/h1,4-5,8-14H,2-3,6-7H2. The van der Waals surface area contributed by atoms with E-state index < -0.39 is 0 Å². The van der Waals surface area contributed by atoms with Gasteiger partial charge in [-0.05, 0) is 49.4 Å². The van der Waals surface area contributed by atoms with Gasteiger partial charge in [-0.1, -0.05) is 36.5 Å². The lowest BCUT2D eigenvalue weighted by Gasteiger charge is -2.40. The van der Waals surface area contributed by atoms with Crippen LogP contribution in [0, 0.1) is 23.7 Å². The zero-order chi connectivity index (χ0) is 9.38. The van der Waals surface area contributed by atoms with E-state index in [1.807, 2.05) is 0 Å². The van der Waals surface area contributed by atoms with Crippen LogP contribution in [0.3, 0.4) is 0 Å². The van der Waals surface area contributed by atoms with Gasteiger partial charge in [0.2, 0.25) is 0 Å². The van der Waals surface area contributed by atoms with Gasteiger partial charge in [0.1, 0.15) is 0 Å². The van der Waals surface area contributed by atoms with E-state index in [1.54, 1.807) is 0 Å². The van der Waals surface area contributed by atoms with E-state index in [0.717, 1.165) is 23.7 Å². The number of hydrogen-bond donors (Lipinski definition) is 0. The van der Waals surface area contributed by atoms with E-state index in [0.29, 0.717) is 0 Å². The predicted molar refractivity (Wildman–Crippen MR) is 59.8 cm³/mol. The van der Waals surface area contributed by atoms with Crippen molar-refractivity contribution in [2.24, 2.45) is 23.7 Å². The summed E-state index contributed by atoms with van der Waals surface area (Å²) < 4.78 is 0. The van der Waals surface area contributed by atoms with E-state index in [4.69, 9.17) is 0 Å². The van der Waals surface area contributed by atoms with Gasteiger partial charge in [0.25, 0.3) is 0 Å². The summed E-state index contributed by atoms with van der Waals surface area (Å²) in [6.45, 7) is 0. The molecule has 0 bridgehead atoms. The molecule has 4 unspecified atom stereocenters. The third kappa shape index (κ3) is 1.28. The van der Waals surface area contributed by atoms with Crippen LogP contribution >= 0.6 is 0 Å². The summed E-state index contributed by atoms with van der Waals surface area (Å²) >= 11 is 0. The second-order valence-corrected chi connectivity index (χ2v) is 4.88. The van der Waals surface area contributed by atoms with Gasteiger partial charge >= 0.3 is 0 Å². The Morgan fingerprint density at radius 1 is 0.786 bits per heavy atom. The maximum absolute atomic E-state index is 2.49. The minimum atomic E-state index is 0.743. The Hall–Kier alpha value is -0.780. The SMILES string of the molecule is C1=CC2C(C=CC3C=CCCC32)CC1. The molecule has 0 spiro atoms. The van der Waals surface area contributed by atoms with Crippen LogP contribution in [0.1, 0.15) is 25.7 Å². The summed E-state index contributed by atoms with van der Waals surface area (Å²) in [5.41, 5.74) is 0. The van der Waals surface area contributed by atoms with Gasteiger partial charge in [0, 0.05) is 0 Å². The van der Waals surface area contributed by atoms with E-state index in [9.17, 15) is 0 Å². The summed E-state index contributed by atoms with van der Waals surface area (Å²) in [7, 11) is 0. The fraction of sp³-hybridized carbons (Fsp3) is 0.571. The van der Waals surface area contributed by atoms with Crippen molar-refractivity contribution >= 4 is 0 Å². The molecule has 0 saturated carbocycles. The molecule has 0 aromatic rings. The Morgan fingerprint density at radius 2 is 1.64 bits per heavy atom. The normalized spacial score (nSPS) is 44.6. The third-order valence-electron chi connectivity index (χ3n) is 4.11. The minimum Gasteiger partial charge on any atom is -0.0882 e. The Morgan fingerprint density at radius 3 is 2.64 bits per heavy atom. The number of fused-ring (bicyclic) bond motifs is 3. The average molecular weight is 186 g/mol. The highest BCUT2D eigenvalue weighted by Crippen LogP contribution is 2.44. The number of allylic oxidation sites excluding steroid dienone is 6. The van der Waals surface area contributed by atoms with E-state index >= 15 is 0 Å². The molecule has 74 valence electrons. The minimum absolute atomic E-state index is 0.743. The maximum atomic E-state index is 2.49. The molecule has 0 saturated heterocycles. The van der Waals surface area contributed by atoms with Crippen LogP contribution in [0.25, 0.3) is 0 Å². The van der Waals surface area contributed by atoms with Crippen molar-refractivity contribution in [3.63, 3.8) is 0 Å². The van der Waals surface area contributed by atoms with E-state index in [2.05, 4.69) is 36.5 Å². The van der Waals surface area contributed by atoms with Crippen LogP contribution in [0.4, 0.5) is 0 Å². The van der Waals surface area contributed by atoms with E-state index in [1.165, 1.54) is 25.7 Å². The van der Waals surface area contributed by atoms with Gasteiger partial charge in [-0.3, -0.25) is 0 Å². The lowest BCUT2D eigenvalue weighted by molar-refractivity contribution is 0.227. The van der Waals surface area contributed by atoms with Crippen LogP contribution in [0.5, 0.6) is 0 Å². The third-order valence-corrected chi connectivity index (χ3v) is 4.11. The molecule has 0 heterocycles. The molecule has 3 aliphatic rings. The molecule has 3 aliphatic carbocycles. The zero-order valence-corrected chi connectivity index (χ0v) is 8.60. The first-order valence-corrected chi connectivity index (χ1v) is 5.97. The smallest absolute Gasteiger partial charge is 0.00192 e. The number of rotatable bonds is 0. The molecule has 0 aromatic carbocycles. The second kappa shape index (κ2) is 3.42. The molecule has 4 atom stereocenters. The Balaban J connectivity index is 1.92. The van der Waals surface area contributed by atoms with Crippen LogP contribution in [-0.2, 0) is 0 Å². The second-order valence-electron chi connectivity index (χ2n) is 4.88. The monoisotopic (exact) mass is 186 g/mol. The summed E-state index contributed by atoms with van der Waals surface area (Å²) in [4.78, 5) is 0. The molecule has 0 nitrogen and oxygen atoms in total. The van der Waals surface area contributed by atoms with Gasteiger partial charge in [-0.15, -0.1) is 0 Å². The van der Waals surface area contributed by atoms with Crippen molar-refractivity contribution in [1.29, 1.82) is 0 Å². The van der Waals surface area contributed by atoms with E-state index in [-0.39, 0.29) is 0 Å². The Bertz CT molecular complexity index is 295. The van der Waals surface area contributed by atoms with Gasteiger partial charge in [0.05, 0.1) is 0 Å². The fourth-order valence-electron chi connectivity index (χ4n) is 3.37.